The zero-order valence-electron chi connectivity index (χ0n) is 24.7. The van der Waals surface area contributed by atoms with E-state index in [-0.39, 0.29) is 23.0 Å². The number of anilines is 1. The number of fused-ring (bicyclic) bond motifs is 2. The second kappa shape index (κ2) is 11.0. The molecule has 2 aliphatic rings. The van der Waals surface area contributed by atoms with Gasteiger partial charge in [-0.25, -0.2) is 13.6 Å². The van der Waals surface area contributed by atoms with Crippen molar-refractivity contribution in [3.8, 4) is 22.6 Å². The molecule has 0 saturated heterocycles. The fourth-order valence-electron chi connectivity index (χ4n) is 6.00. The molecular weight excluding hydrogens is 544 g/mol. The van der Waals surface area contributed by atoms with E-state index in [1.54, 1.807) is 38.7 Å². The van der Waals surface area contributed by atoms with E-state index in [2.05, 4.69) is 0 Å². The molecule has 3 aromatic carbocycles. The second-order valence-corrected chi connectivity index (χ2v) is 11.8. The number of carboxylic acid groups (broad SMARTS) is 1. The van der Waals surface area contributed by atoms with Crippen LogP contribution in [0, 0.1) is 25.5 Å². The Kier molecular flexibility index (Phi) is 7.74. The minimum atomic E-state index is -1.34. The summed E-state index contributed by atoms with van der Waals surface area (Å²) in [5.41, 5.74) is 4.44. The van der Waals surface area contributed by atoms with Crippen molar-refractivity contribution in [3.63, 3.8) is 0 Å². The van der Waals surface area contributed by atoms with E-state index < -0.39 is 29.3 Å². The monoisotopic (exact) mass is 579 g/mol. The van der Waals surface area contributed by atoms with E-state index in [4.69, 9.17) is 14.2 Å². The molecule has 42 heavy (non-hydrogen) atoms. The Hall–Kier alpha value is -3.98. The number of halogens is 2. The van der Waals surface area contributed by atoms with E-state index >= 15 is 4.39 Å². The molecule has 5 rings (SSSR count). The van der Waals surface area contributed by atoms with Crippen LogP contribution < -0.4 is 14.4 Å². The third kappa shape index (κ3) is 5.22. The molecule has 2 aliphatic heterocycles. The first-order chi connectivity index (χ1) is 19.8. The summed E-state index contributed by atoms with van der Waals surface area (Å²) in [4.78, 5) is 28.0. The molecule has 0 fully saturated rings. The minimum Gasteiger partial charge on any atom is -0.494 e. The Morgan fingerprint density at radius 3 is 2.45 bits per heavy atom. The van der Waals surface area contributed by atoms with Crippen molar-refractivity contribution in [2.45, 2.75) is 65.6 Å². The fraction of sp³-hybridized carbons (Fsp3) is 0.394. The zero-order chi connectivity index (χ0) is 30.5. The third-order valence-electron chi connectivity index (χ3n) is 7.84. The molecule has 3 aromatic rings. The van der Waals surface area contributed by atoms with Gasteiger partial charge in [0.15, 0.2) is 29.2 Å². The predicted octanol–water partition coefficient (Wildman–Crippen LogP) is 6.73. The van der Waals surface area contributed by atoms with Crippen LogP contribution in [0.5, 0.6) is 11.5 Å². The molecule has 0 saturated carbocycles. The lowest BCUT2D eigenvalue weighted by Crippen LogP contribution is -2.30. The molecule has 0 radical (unpaired) electrons. The van der Waals surface area contributed by atoms with Crippen molar-refractivity contribution in [2.24, 2.45) is 0 Å². The molecule has 0 spiro atoms. The van der Waals surface area contributed by atoms with E-state index in [9.17, 15) is 19.1 Å². The quantitative estimate of drug-likeness (QED) is 0.349. The first-order valence-electron chi connectivity index (χ1n) is 14.0. The molecule has 7 nitrogen and oxygen atoms in total. The topological polar surface area (TPSA) is 85.3 Å². The molecular formula is C33H35F2NO6. The average molecular weight is 580 g/mol. The van der Waals surface area contributed by atoms with Crippen LogP contribution >= 0.6 is 0 Å². The van der Waals surface area contributed by atoms with Gasteiger partial charge in [0.25, 0.3) is 5.91 Å². The molecule has 0 bridgehead atoms. The Labute approximate surface area is 244 Å². The van der Waals surface area contributed by atoms with Crippen molar-refractivity contribution < 1.29 is 37.7 Å². The molecule has 1 unspecified atom stereocenters. The number of rotatable bonds is 6. The van der Waals surface area contributed by atoms with Gasteiger partial charge in [0.1, 0.15) is 0 Å². The van der Waals surface area contributed by atoms with Gasteiger partial charge in [-0.05, 0) is 112 Å². The highest BCUT2D eigenvalue weighted by Crippen LogP contribution is 2.48. The molecule has 2 heterocycles. The van der Waals surface area contributed by atoms with Crippen molar-refractivity contribution >= 4 is 17.6 Å². The summed E-state index contributed by atoms with van der Waals surface area (Å²) in [5, 5.41) is 10.4. The van der Waals surface area contributed by atoms with Crippen LogP contribution in [0.3, 0.4) is 0 Å². The maximum Gasteiger partial charge on any atom is 0.337 e. The summed E-state index contributed by atoms with van der Waals surface area (Å²) >= 11 is 0. The normalized spacial score (nSPS) is 15.1. The first-order valence-corrected chi connectivity index (χ1v) is 14.0. The van der Waals surface area contributed by atoms with Crippen LogP contribution in [0.25, 0.3) is 11.1 Å². The van der Waals surface area contributed by atoms with Gasteiger partial charge in [0.2, 0.25) is 0 Å². The van der Waals surface area contributed by atoms with Crippen molar-refractivity contribution in [1.29, 1.82) is 0 Å². The SMILES string of the molecule is COc1cc(C(=O)N2CCc3c2cc(C)c(C(OC(C)(C)C)C(=O)O)c3-c2cc(F)c3c(c2C)CCCO3)ccc1F. The highest BCUT2D eigenvalue weighted by molar-refractivity contribution is 6.08. The number of amides is 1. The first kappa shape index (κ1) is 29.5. The number of methoxy groups -OCH3 is 1. The summed E-state index contributed by atoms with van der Waals surface area (Å²) in [6, 6.07) is 7.14. The van der Waals surface area contributed by atoms with Gasteiger partial charge in [-0.2, -0.15) is 0 Å². The summed E-state index contributed by atoms with van der Waals surface area (Å²) in [6.07, 6.45) is 0.432. The smallest absolute Gasteiger partial charge is 0.337 e. The van der Waals surface area contributed by atoms with E-state index in [1.807, 2.05) is 6.92 Å². The Morgan fingerprint density at radius 1 is 1.05 bits per heavy atom. The standard InChI is InChI=1S/C33H35F2NO6/c1-17-14-25-21(11-12-36(25)31(37)19-9-10-23(34)26(15-19)40-6)28(27(17)30(32(38)39)42-33(3,4)5)22-16-24(35)29-20(18(22)2)8-7-13-41-29/h9-10,14-16,30H,7-8,11-13H2,1-6H3,(H,38,39). The molecule has 9 heteroatoms. The lowest BCUT2D eigenvalue weighted by molar-refractivity contribution is -0.160. The van der Waals surface area contributed by atoms with Crippen molar-refractivity contribution in [2.75, 3.05) is 25.2 Å². The number of nitrogens with zero attached hydrogens (tertiary/aromatic N) is 1. The van der Waals surface area contributed by atoms with Crippen molar-refractivity contribution in [1.82, 2.24) is 0 Å². The number of hydrogen-bond donors (Lipinski definition) is 1. The van der Waals surface area contributed by atoms with Gasteiger partial charge in [0, 0.05) is 28.9 Å². The molecule has 0 aliphatic carbocycles. The summed E-state index contributed by atoms with van der Waals surface area (Å²) in [7, 11) is 1.33. The van der Waals surface area contributed by atoms with Gasteiger partial charge in [-0.15, -0.1) is 0 Å². The van der Waals surface area contributed by atoms with Gasteiger partial charge < -0.3 is 24.2 Å². The summed E-state index contributed by atoms with van der Waals surface area (Å²) < 4.78 is 46.5. The number of ether oxygens (including phenoxy) is 3. The number of aryl methyl sites for hydroxylation is 1. The number of carbonyl (C=O) groups is 2. The number of carboxylic acids is 1. The minimum absolute atomic E-state index is 0.0431. The van der Waals surface area contributed by atoms with Gasteiger partial charge in [0.05, 0.1) is 19.3 Å². The van der Waals surface area contributed by atoms with Crippen LogP contribution in [-0.4, -0.2) is 42.8 Å². The predicted molar refractivity (Wildman–Crippen MR) is 155 cm³/mol. The Morgan fingerprint density at radius 2 is 1.79 bits per heavy atom. The van der Waals surface area contributed by atoms with Crippen LogP contribution in [0.2, 0.25) is 0 Å². The zero-order valence-corrected chi connectivity index (χ0v) is 24.7. The summed E-state index contributed by atoms with van der Waals surface area (Å²) in [6.45, 7) is 9.74. The maximum absolute atomic E-state index is 15.6. The Bertz CT molecular complexity index is 1590. The van der Waals surface area contributed by atoms with Crippen molar-refractivity contribution in [3.05, 3.63) is 75.3 Å². The maximum atomic E-state index is 15.6. The summed E-state index contributed by atoms with van der Waals surface area (Å²) in [5.74, 6) is -2.43. The van der Waals surface area contributed by atoms with Gasteiger partial charge >= 0.3 is 5.97 Å². The van der Waals surface area contributed by atoms with Crippen LogP contribution in [0.15, 0.2) is 30.3 Å². The molecule has 1 atom stereocenters. The van der Waals surface area contributed by atoms with E-state index in [1.165, 1.54) is 31.4 Å². The number of hydrogen-bond acceptors (Lipinski definition) is 5. The lowest BCUT2D eigenvalue weighted by atomic mass is 9.83. The largest absolute Gasteiger partial charge is 0.494 e. The third-order valence-corrected chi connectivity index (χ3v) is 7.84. The van der Waals surface area contributed by atoms with Crippen LogP contribution in [0.1, 0.15) is 71.5 Å². The van der Waals surface area contributed by atoms with Gasteiger partial charge in [-0.3, -0.25) is 4.79 Å². The lowest BCUT2D eigenvalue weighted by Gasteiger charge is -2.30. The second-order valence-electron chi connectivity index (χ2n) is 11.8. The van der Waals surface area contributed by atoms with E-state index in [0.717, 1.165) is 23.1 Å². The number of carbonyl (C=O) groups excluding carboxylic acids is 1. The Balaban J connectivity index is 1.76. The van der Waals surface area contributed by atoms with Crippen LogP contribution in [0.4, 0.5) is 14.5 Å². The highest BCUT2D eigenvalue weighted by Gasteiger charge is 2.37. The average Bonchev–Trinajstić information content (AvgIpc) is 3.36. The molecule has 1 amide bonds. The molecule has 1 N–H and O–H groups in total. The number of benzene rings is 3. The number of aliphatic carboxylic acids is 1. The van der Waals surface area contributed by atoms with E-state index in [0.29, 0.717) is 53.9 Å². The molecule has 222 valence electrons. The highest BCUT2D eigenvalue weighted by atomic mass is 19.1. The molecule has 0 aromatic heterocycles. The van der Waals surface area contributed by atoms with Gasteiger partial charge in [-0.1, -0.05) is 0 Å². The fourth-order valence-corrected chi connectivity index (χ4v) is 6.00. The van der Waals surface area contributed by atoms with Crippen LogP contribution in [-0.2, 0) is 22.4 Å².